The smallest absolute Gasteiger partial charge is 0.142 e. The number of anilines is 1. The number of nitrogens with zero attached hydrogens (tertiary/aromatic N) is 3. The highest BCUT2D eigenvalue weighted by Crippen LogP contribution is 2.26. The van der Waals surface area contributed by atoms with Gasteiger partial charge in [0.1, 0.15) is 17.8 Å². The number of aromatic amines is 1. The van der Waals surface area contributed by atoms with Gasteiger partial charge in [-0.3, -0.25) is 0 Å². The van der Waals surface area contributed by atoms with Gasteiger partial charge in [0.25, 0.3) is 0 Å². The maximum atomic E-state index is 4.46. The number of likely N-dealkylation sites (N-methyl/N-ethyl adjacent to an activating group) is 1. The van der Waals surface area contributed by atoms with Gasteiger partial charge in [-0.05, 0) is 24.9 Å². The third kappa shape index (κ3) is 2.53. The molecule has 1 fully saturated rings. The molecular formula is C13H20ClN5. The molecular weight excluding hydrogens is 262 g/mol. The molecule has 2 aromatic rings. The van der Waals surface area contributed by atoms with Crippen molar-refractivity contribution in [2.24, 2.45) is 5.92 Å². The summed E-state index contributed by atoms with van der Waals surface area (Å²) in [5.41, 5.74) is 0.906. The topological polar surface area (TPSA) is 56.8 Å². The molecule has 19 heavy (non-hydrogen) atoms. The lowest BCUT2D eigenvalue weighted by Crippen LogP contribution is -2.49. The van der Waals surface area contributed by atoms with Crippen LogP contribution < -0.4 is 10.2 Å². The zero-order chi connectivity index (χ0) is 12.5. The first kappa shape index (κ1) is 14.1. The number of nitrogens with one attached hydrogen (secondary N) is 2. The van der Waals surface area contributed by atoms with E-state index >= 15 is 0 Å². The van der Waals surface area contributed by atoms with E-state index < -0.39 is 0 Å². The van der Waals surface area contributed by atoms with Crippen LogP contribution in [0.1, 0.15) is 13.3 Å². The molecule has 3 heterocycles. The molecule has 2 unspecified atom stereocenters. The van der Waals surface area contributed by atoms with E-state index in [-0.39, 0.29) is 12.4 Å². The number of hydrogen-bond donors (Lipinski definition) is 2. The van der Waals surface area contributed by atoms with Crippen LogP contribution in [0, 0.1) is 5.92 Å². The van der Waals surface area contributed by atoms with Crippen molar-refractivity contribution < 1.29 is 0 Å². The van der Waals surface area contributed by atoms with Crippen LogP contribution in [0.2, 0.25) is 0 Å². The molecule has 0 aliphatic carbocycles. The Morgan fingerprint density at radius 3 is 3.00 bits per heavy atom. The highest BCUT2D eigenvalue weighted by molar-refractivity contribution is 5.87. The lowest BCUT2D eigenvalue weighted by Gasteiger charge is -2.37. The fourth-order valence-electron chi connectivity index (χ4n) is 2.79. The minimum absolute atomic E-state index is 0. The van der Waals surface area contributed by atoms with E-state index in [1.165, 1.54) is 6.42 Å². The van der Waals surface area contributed by atoms with Gasteiger partial charge in [-0.2, -0.15) is 0 Å². The van der Waals surface area contributed by atoms with Gasteiger partial charge in [0.2, 0.25) is 0 Å². The molecule has 6 heteroatoms. The van der Waals surface area contributed by atoms with Crippen molar-refractivity contribution in [2.75, 3.05) is 25.0 Å². The van der Waals surface area contributed by atoms with Gasteiger partial charge >= 0.3 is 0 Å². The van der Waals surface area contributed by atoms with Crippen molar-refractivity contribution in [2.45, 2.75) is 19.4 Å². The number of hydrogen-bond acceptors (Lipinski definition) is 4. The van der Waals surface area contributed by atoms with E-state index in [9.17, 15) is 0 Å². The number of halogens is 1. The normalized spacial score (nSPS) is 23.1. The fourth-order valence-corrected chi connectivity index (χ4v) is 2.79. The predicted octanol–water partition coefficient (Wildman–Crippen LogP) is 1.81. The Balaban J connectivity index is 0.00000133. The molecule has 1 aliphatic heterocycles. The molecule has 0 saturated carbocycles. The second-order valence-corrected chi connectivity index (χ2v) is 5.09. The van der Waals surface area contributed by atoms with Gasteiger partial charge in [0.15, 0.2) is 0 Å². The Hall–Kier alpha value is -1.33. The summed E-state index contributed by atoms with van der Waals surface area (Å²) in [6.45, 7) is 4.46. The van der Waals surface area contributed by atoms with Gasteiger partial charge in [-0.25, -0.2) is 9.97 Å². The zero-order valence-electron chi connectivity index (χ0n) is 11.3. The summed E-state index contributed by atoms with van der Waals surface area (Å²) in [5, 5.41) is 4.56. The molecule has 0 amide bonds. The van der Waals surface area contributed by atoms with E-state index in [0.29, 0.717) is 12.0 Å². The lowest BCUT2D eigenvalue weighted by molar-refractivity contribution is 0.338. The van der Waals surface area contributed by atoms with E-state index in [2.05, 4.69) is 39.1 Å². The Morgan fingerprint density at radius 1 is 1.37 bits per heavy atom. The molecule has 0 aromatic carbocycles. The van der Waals surface area contributed by atoms with Crippen LogP contribution in [-0.4, -0.2) is 41.1 Å². The fraction of sp³-hybridized carbons (Fsp3) is 0.538. The third-order valence-electron chi connectivity index (χ3n) is 3.95. The van der Waals surface area contributed by atoms with Crippen molar-refractivity contribution >= 4 is 29.3 Å². The largest absolute Gasteiger partial charge is 0.354 e. The van der Waals surface area contributed by atoms with Crippen LogP contribution in [-0.2, 0) is 0 Å². The first-order chi connectivity index (χ1) is 8.77. The van der Waals surface area contributed by atoms with Crippen LogP contribution in [0.15, 0.2) is 18.6 Å². The molecule has 2 aromatic heterocycles. The Bertz CT molecular complexity index is 541. The zero-order valence-corrected chi connectivity index (χ0v) is 12.1. The van der Waals surface area contributed by atoms with Gasteiger partial charge in [0, 0.05) is 25.8 Å². The number of piperidine rings is 1. The number of rotatable bonds is 2. The Labute approximate surface area is 119 Å². The van der Waals surface area contributed by atoms with Crippen LogP contribution in [0.5, 0.6) is 0 Å². The molecule has 1 aliphatic rings. The molecule has 2 N–H and O–H groups in total. The van der Waals surface area contributed by atoms with Crippen molar-refractivity contribution in [3.8, 4) is 0 Å². The molecule has 104 valence electrons. The first-order valence-corrected chi connectivity index (χ1v) is 6.49. The van der Waals surface area contributed by atoms with Crippen LogP contribution in [0.25, 0.3) is 11.0 Å². The minimum Gasteiger partial charge on any atom is -0.354 e. The van der Waals surface area contributed by atoms with E-state index in [1.54, 1.807) is 6.33 Å². The van der Waals surface area contributed by atoms with Gasteiger partial charge in [-0.1, -0.05) is 6.92 Å². The maximum absolute atomic E-state index is 4.46. The summed E-state index contributed by atoms with van der Waals surface area (Å²) in [4.78, 5) is 14.1. The second-order valence-electron chi connectivity index (χ2n) is 5.09. The molecule has 3 rings (SSSR count). The third-order valence-corrected chi connectivity index (χ3v) is 3.95. The van der Waals surface area contributed by atoms with Crippen molar-refractivity contribution in [3.05, 3.63) is 18.6 Å². The SMILES string of the molecule is CC1CCNCC1N(C)c1ncnc2[nH]ccc12.Cl. The summed E-state index contributed by atoms with van der Waals surface area (Å²) in [7, 11) is 2.13. The molecule has 1 saturated heterocycles. The standard InChI is InChI=1S/C13H19N5.ClH/c1-9-3-5-14-7-11(9)18(2)13-10-4-6-15-12(10)16-8-17-13;/h4,6,8-9,11,14H,3,5,7H2,1-2H3,(H,15,16,17);1H. The Kier molecular flexibility index (Phi) is 4.27. The van der Waals surface area contributed by atoms with E-state index in [1.807, 2.05) is 12.3 Å². The monoisotopic (exact) mass is 281 g/mol. The minimum atomic E-state index is 0. The van der Waals surface area contributed by atoms with E-state index in [4.69, 9.17) is 0 Å². The lowest BCUT2D eigenvalue weighted by atomic mass is 9.93. The summed E-state index contributed by atoms with van der Waals surface area (Å²) < 4.78 is 0. The molecule has 0 bridgehead atoms. The van der Waals surface area contributed by atoms with Crippen molar-refractivity contribution in [1.82, 2.24) is 20.3 Å². The quantitative estimate of drug-likeness (QED) is 0.882. The van der Waals surface area contributed by atoms with Gasteiger partial charge < -0.3 is 15.2 Å². The predicted molar refractivity (Wildman–Crippen MR) is 80.0 cm³/mol. The maximum Gasteiger partial charge on any atom is 0.142 e. The first-order valence-electron chi connectivity index (χ1n) is 6.49. The number of fused-ring (bicyclic) bond motifs is 1. The van der Waals surface area contributed by atoms with Crippen LogP contribution in [0.3, 0.4) is 0 Å². The molecule has 0 spiro atoms. The average molecular weight is 282 g/mol. The van der Waals surface area contributed by atoms with E-state index in [0.717, 1.165) is 29.9 Å². The molecule has 0 radical (unpaired) electrons. The van der Waals surface area contributed by atoms with Crippen LogP contribution >= 0.6 is 12.4 Å². The second kappa shape index (κ2) is 5.75. The highest BCUT2D eigenvalue weighted by atomic mass is 35.5. The average Bonchev–Trinajstić information content (AvgIpc) is 2.86. The van der Waals surface area contributed by atoms with Gasteiger partial charge in [0.05, 0.1) is 5.39 Å². The summed E-state index contributed by atoms with van der Waals surface area (Å²) in [6.07, 6.45) is 4.77. The highest BCUT2D eigenvalue weighted by Gasteiger charge is 2.26. The summed E-state index contributed by atoms with van der Waals surface area (Å²) in [5.74, 6) is 1.70. The Morgan fingerprint density at radius 2 is 2.21 bits per heavy atom. The summed E-state index contributed by atoms with van der Waals surface area (Å²) >= 11 is 0. The van der Waals surface area contributed by atoms with Crippen molar-refractivity contribution in [1.29, 1.82) is 0 Å². The van der Waals surface area contributed by atoms with Crippen LogP contribution in [0.4, 0.5) is 5.82 Å². The molecule has 5 nitrogen and oxygen atoms in total. The summed E-state index contributed by atoms with van der Waals surface area (Å²) in [6, 6.07) is 2.54. The number of aromatic nitrogens is 3. The van der Waals surface area contributed by atoms with Crippen molar-refractivity contribution in [3.63, 3.8) is 0 Å². The number of H-pyrrole nitrogens is 1. The van der Waals surface area contributed by atoms with Gasteiger partial charge in [-0.15, -0.1) is 12.4 Å². The molecule has 2 atom stereocenters.